The number of nitrogens with zero attached hydrogens (tertiary/aromatic N) is 2. The summed E-state index contributed by atoms with van der Waals surface area (Å²) in [5.74, 6) is 0.602. The normalized spacial score (nSPS) is 27.2. The number of aromatic amines is 1. The van der Waals surface area contributed by atoms with Gasteiger partial charge in [-0.15, -0.1) is 0 Å². The molecule has 2 heterocycles. The third kappa shape index (κ3) is 2.36. The second-order valence-electron chi connectivity index (χ2n) is 4.58. The number of sulfonamides is 1. The Bertz CT molecular complexity index is 496. The van der Waals surface area contributed by atoms with Crippen LogP contribution >= 0.6 is 0 Å². The number of nitrogens with two attached hydrogens (primary N) is 1. The lowest BCUT2D eigenvalue weighted by Crippen LogP contribution is -2.48. The van der Waals surface area contributed by atoms with Crippen LogP contribution in [0.5, 0.6) is 0 Å². The van der Waals surface area contributed by atoms with Crippen LogP contribution in [0.4, 0.5) is 0 Å². The van der Waals surface area contributed by atoms with Gasteiger partial charge in [-0.05, 0) is 26.7 Å². The molecule has 0 amide bonds. The summed E-state index contributed by atoms with van der Waals surface area (Å²) in [5.41, 5.74) is 5.83. The van der Waals surface area contributed by atoms with Gasteiger partial charge in [0, 0.05) is 18.6 Å². The number of nitrogens with one attached hydrogen (secondary N) is 1. The minimum atomic E-state index is -3.45. The highest BCUT2D eigenvalue weighted by Gasteiger charge is 2.34. The Kier molecular flexibility index (Phi) is 3.24. The zero-order valence-corrected chi connectivity index (χ0v) is 10.9. The summed E-state index contributed by atoms with van der Waals surface area (Å²) < 4.78 is 26.2. The predicted octanol–water partition coefficient (Wildman–Crippen LogP) is 0.218. The van der Waals surface area contributed by atoms with Crippen LogP contribution in [0, 0.1) is 6.92 Å². The van der Waals surface area contributed by atoms with E-state index in [4.69, 9.17) is 5.73 Å². The summed E-state index contributed by atoms with van der Waals surface area (Å²) in [4.78, 5) is 6.71. The standard InChI is InChI=1S/C10H18N4O2S/c1-7-5-9(11)3-4-14(7)17(15,16)10-6-12-8(2)13-10/h6-7,9H,3-5,11H2,1-2H3,(H,12,13). The summed E-state index contributed by atoms with van der Waals surface area (Å²) in [5, 5.41) is 0.164. The molecule has 2 atom stereocenters. The lowest BCUT2D eigenvalue weighted by molar-refractivity contribution is 0.246. The van der Waals surface area contributed by atoms with Crippen molar-refractivity contribution >= 4 is 10.0 Å². The largest absolute Gasteiger partial charge is 0.332 e. The molecule has 0 spiro atoms. The van der Waals surface area contributed by atoms with E-state index in [0.717, 1.165) is 0 Å². The molecule has 2 rings (SSSR count). The van der Waals surface area contributed by atoms with Gasteiger partial charge in [-0.1, -0.05) is 0 Å². The Hall–Kier alpha value is -0.920. The molecular weight excluding hydrogens is 240 g/mol. The van der Waals surface area contributed by atoms with Crippen molar-refractivity contribution in [3.05, 3.63) is 12.0 Å². The SMILES string of the molecule is Cc1ncc(S(=O)(=O)N2CCC(N)CC2C)[nH]1. The topological polar surface area (TPSA) is 92.1 Å². The van der Waals surface area contributed by atoms with Crippen LogP contribution in [0.2, 0.25) is 0 Å². The van der Waals surface area contributed by atoms with E-state index in [1.807, 2.05) is 6.92 Å². The number of aromatic nitrogens is 2. The van der Waals surface area contributed by atoms with Gasteiger partial charge in [0.15, 0.2) is 5.03 Å². The average molecular weight is 258 g/mol. The van der Waals surface area contributed by atoms with Gasteiger partial charge in [-0.3, -0.25) is 0 Å². The molecule has 1 aromatic heterocycles. The Labute approximate surface area is 101 Å². The molecule has 0 aromatic carbocycles. The second-order valence-corrected chi connectivity index (χ2v) is 6.44. The molecule has 96 valence electrons. The number of H-pyrrole nitrogens is 1. The molecular formula is C10H18N4O2S. The maximum Gasteiger partial charge on any atom is 0.260 e. The van der Waals surface area contributed by atoms with Crippen molar-refractivity contribution in [1.82, 2.24) is 14.3 Å². The zero-order valence-electron chi connectivity index (χ0n) is 10.0. The van der Waals surface area contributed by atoms with Crippen molar-refractivity contribution < 1.29 is 8.42 Å². The molecule has 6 nitrogen and oxygen atoms in total. The smallest absolute Gasteiger partial charge is 0.260 e. The van der Waals surface area contributed by atoms with Gasteiger partial charge in [0.25, 0.3) is 10.0 Å². The number of piperidine rings is 1. The summed E-state index contributed by atoms with van der Waals surface area (Å²) in [6, 6.07) is 0.0345. The summed E-state index contributed by atoms with van der Waals surface area (Å²) in [6.07, 6.45) is 2.77. The first kappa shape index (κ1) is 12.5. The Balaban J connectivity index is 2.27. The Morgan fingerprint density at radius 2 is 2.29 bits per heavy atom. The van der Waals surface area contributed by atoms with Crippen LogP contribution in [-0.4, -0.2) is 41.3 Å². The average Bonchev–Trinajstić information content (AvgIpc) is 2.64. The molecule has 0 radical (unpaired) electrons. The maximum absolute atomic E-state index is 12.3. The molecule has 1 aromatic rings. The van der Waals surface area contributed by atoms with E-state index in [0.29, 0.717) is 25.2 Å². The van der Waals surface area contributed by atoms with Gasteiger partial charge in [0.05, 0.1) is 6.20 Å². The minimum absolute atomic E-state index is 0.0626. The molecule has 1 aliphatic rings. The van der Waals surface area contributed by atoms with Crippen molar-refractivity contribution in [2.75, 3.05) is 6.54 Å². The van der Waals surface area contributed by atoms with E-state index < -0.39 is 10.0 Å². The Morgan fingerprint density at radius 1 is 1.59 bits per heavy atom. The third-order valence-corrected chi connectivity index (χ3v) is 5.05. The van der Waals surface area contributed by atoms with Crippen LogP contribution in [0.15, 0.2) is 11.2 Å². The van der Waals surface area contributed by atoms with E-state index >= 15 is 0 Å². The number of aryl methyl sites for hydroxylation is 1. The lowest BCUT2D eigenvalue weighted by Gasteiger charge is -2.34. The van der Waals surface area contributed by atoms with Gasteiger partial charge in [0.1, 0.15) is 5.82 Å². The fourth-order valence-electron chi connectivity index (χ4n) is 2.20. The van der Waals surface area contributed by atoms with Crippen molar-refractivity contribution in [3.63, 3.8) is 0 Å². The highest BCUT2D eigenvalue weighted by atomic mass is 32.2. The Morgan fingerprint density at radius 3 is 2.82 bits per heavy atom. The summed E-state index contributed by atoms with van der Waals surface area (Å²) >= 11 is 0. The first-order valence-electron chi connectivity index (χ1n) is 5.70. The van der Waals surface area contributed by atoms with Crippen molar-refractivity contribution in [2.24, 2.45) is 5.73 Å². The first-order chi connectivity index (χ1) is 7.91. The quantitative estimate of drug-likeness (QED) is 0.793. The number of rotatable bonds is 2. The van der Waals surface area contributed by atoms with E-state index in [-0.39, 0.29) is 17.1 Å². The fraction of sp³-hybridized carbons (Fsp3) is 0.700. The predicted molar refractivity (Wildman–Crippen MR) is 63.9 cm³/mol. The third-order valence-electron chi connectivity index (χ3n) is 3.12. The molecule has 2 unspecified atom stereocenters. The second kappa shape index (κ2) is 4.40. The molecule has 0 saturated carbocycles. The van der Waals surface area contributed by atoms with E-state index in [1.165, 1.54) is 10.5 Å². The highest BCUT2D eigenvalue weighted by molar-refractivity contribution is 7.89. The molecule has 1 fully saturated rings. The number of hydrogen-bond donors (Lipinski definition) is 2. The van der Waals surface area contributed by atoms with Gasteiger partial charge in [-0.2, -0.15) is 4.31 Å². The van der Waals surface area contributed by atoms with Gasteiger partial charge in [0.2, 0.25) is 0 Å². The maximum atomic E-state index is 12.3. The molecule has 17 heavy (non-hydrogen) atoms. The minimum Gasteiger partial charge on any atom is -0.332 e. The van der Waals surface area contributed by atoms with Crippen LogP contribution in [-0.2, 0) is 10.0 Å². The van der Waals surface area contributed by atoms with E-state index in [2.05, 4.69) is 9.97 Å². The van der Waals surface area contributed by atoms with Crippen LogP contribution in [0.1, 0.15) is 25.6 Å². The molecule has 3 N–H and O–H groups in total. The van der Waals surface area contributed by atoms with Crippen LogP contribution < -0.4 is 5.73 Å². The monoisotopic (exact) mass is 258 g/mol. The molecule has 1 saturated heterocycles. The molecule has 1 aliphatic heterocycles. The fourth-order valence-corrected chi connectivity index (χ4v) is 3.82. The zero-order chi connectivity index (χ0) is 12.6. The molecule has 0 aliphatic carbocycles. The van der Waals surface area contributed by atoms with Crippen LogP contribution in [0.25, 0.3) is 0 Å². The van der Waals surface area contributed by atoms with E-state index in [9.17, 15) is 8.42 Å². The molecule has 0 bridgehead atoms. The number of imidazole rings is 1. The molecule has 7 heteroatoms. The van der Waals surface area contributed by atoms with Crippen LogP contribution in [0.3, 0.4) is 0 Å². The van der Waals surface area contributed by atoms with Gasteiger partial charge < -0.3 is 10.7 Å². The highest BCUT2D eigenvalue weighted by Crippen LogP contribution is 2.23. The summed E-state index contributed by atoms with van der Waals surface area (Å²) in [6.45, 7) is 4.09. The van der Waals surface area contributed by atoms with E-state index in [1.54, 1.807) is 6.92 Å². The van der Waals surface area contributed by atoms with Crippen molar-refractivity contribution in [2.45, 2.75) is 43.8 Å². The number of hydrogen-bond acceptors (Lipinski definition) is 4. The summed E-state index contributed by atoms with van der Waals surface area (Å²) in [7, 11) is -3.45. The first-order valence-corrected chi connectivity index (χ1v) is 7.14. The van der Waals surface area contributed by atoms with Crippen molar-refractivity contribution in [1.29, 1.82) is 0 Å². The van der Waals surface area contributed by atoms with Crippen molar-refractivity contribution in [3.8, 4) is 0 Å². The van der Waals surface area contributed by atoms with Gasteiger partial charge >= 0.3 is 0 Å². The lowest BCUT2D eigenvalue weighted by atomic mass is 10.0. The van der Waals surface area contributed by atoms with Gasteiger partial charge in [-0.25, -0.2) is 13.4 Å².